The molecule has 0 radical (unpaired) electrons. The highest BCUT2D eigenvalue weighted by Gasteiger charge is 2.65. The van der Waals surface area contributed by atoms with E-state index in [-0.39, 0.29) is 22.5 Å². The van der Waals surface area contributed by atoms with E-state index in [1.54, 1.807) is 0 Å². The molecule has 2 amide bonds. The van der Waals surface area contributed by atoms with Crippen molar-refractivity contribution in [3.63, 3.8) is 0 Å². The van der Waals surface area contributed by atoms with E-state index in [4.69, 9.17) is 10.5 Å². The summed E-state index contributed by atoms with van der Waals surface area (Å²) in [4.78, 5) is 28.0. The van der Waals surface area contributed by atoms with Crippen LogP contribution in [-0.4, -0.2) is 34.7 Å². The van der Waals surface area contributed by atoms with E-state index in [9.17, 15) is 31.5 Å². The Kier molecular flexibility index (Phi) is 5.98. The Hall–Kier alpha value is -3.08. The number of alkyl halides is 3. The number of nitrogens with one attached hydrogen (secondary N) is 1. The number of ether oxygens (including phenoxy) is 1. The van der Waals surface area contributed by atoms with Crippen molar-refractivity contribution in [1.82, 2.24) is 4.98 Å². The van der Waals surface area contributed by atoms with Crippen molar-refractivity contribution in [3.8, 4) is 0 Å². The van der Waals surface area contributed by atoms with Gasteiger partial charge in [-0.2, -0.15) is 13.2 Å². The number of pyridine rings is 1. The molecule has 2 heterocycles. The molecule has 3 N–H and O–H groups in total. The van der Waals surface area contributed by atoms with Gasteiger partial charge in [0.1, 0.15) is 11.8 Å². The molecule has 1 aromatic heterocycles. The molecule has 0 saturated carbocycles. The first-order valence-corrected chi connectivity index (χ1v) is 9.53. The number of nitrogens with two attached hydrogens (primary N) is 1. The summed E-state index contributed by atoms with van der Waals surface area (Å²) < 4.78 is 74.7. The van der Waals surface area contributed by atoms with Gasteiger partial charge in [-0.05, 0) is 43.2 Å². The van der Waals surface area contributed by atoms with Gasteiger partial charge in [0.15, 0.2) is 17.2 Å². The van der Waals surface area contributed by atoms with Crippen molar-refractivity contribution < 1.29 is 36.3 Å². The number of carbonyl (C=O) groups is 2. The first kappa shape index (κ1) is 23.6. The minimum absolute atomic E-state index is 0.0251. The van der Waals surface area contributed by atoms with Gasteiger partial charge in [-0.25, -0.2) is 8.78 Å². The lowest BCUT2D eigenvalue weighted by Gasteiger charge is -2.32. The highest BCUT2D eigenvalue weighted by Crippen LogP contribution is 2.54. The highest BCUT2D eigenvalue weighted by atomic mass is 19.4. The summed E-state index contributed by atoms with van der Waals surface area (Å²) in [6.07, 6.45) is -5.35. The summed E-state index contributed by atoms with van der Waals surface area (Å²) in [5.41, 5.74) is 2.11. The molecule has 1 aliphatic rings. The zero-order chi connectivity index (χ0) is 24.0. The van der Waals surface area contributed by atoms with E-state index >= 15 is 0 Å². The molecule has 0 unspecified atom stereocenters. The fraction of sp³-hybridized carbons (Fsp3) is 0.381. The predicted octanol–water partition coefficient (Wildman–Crippen LogP) is 3.85. The minimum atomic E-state index is -4.85. The standard InChI is InChI=1S/C21H20F5N3O3/c1-9-12(4-5-13(22)16(9)23)15-10(2)20(3,21(24,25)26)32-17(15)19(31)29-11-6-7-28-14(8-11)18(27)30/h4-8,10,15,17H,1-3H3,(H2,27,30)(H,28,29,31)/t10-,15-,17-,20+/m1/s1. The first-order valence-electron chi connectivity index (χ1n) is 9.53. The Labute approximate surface area is 180 Å². The molecule has 32 heavy (non-hydrogen) atoms. The van der Waals surface area contributed by atoms with E-state index in [1.807, 2.05) is 0 Å². The summed E-state index contributed by atoms with van der Waals surface area (Å²) in [5.74, 6) is -6.76. The SMILES string of the molecule is Cc1c([C@H]2[C@@H](C)[C@@](C)(C(F)(F)F)O[C@H]2C(=O)Nc2ccnc(C(N)=O)c2)ccc(F)c1F. The molecule has 0 aliphatic carbocycles. The molecular formula is C21H20F5N3O3. The van der Waals surface area contributed by atoms with Crippen molar-refractivity contribution in [1.29, 1.82) is 0 Å². The van der Waals surface area contributed by atoms with Gasteiger partial charge >= 0.3 is 6.18 Å². The molecule has 11 heteroatoms. The maximum Gasteiger partial charge on any atom is 0.417 e. The average molecular weight is 457 g/mol. The molecule has 3 rings (SSSR count). The van der Waals surface area contributed by atoms with Gasteiger partial charge in [-0.1, -0.05) is 13.0 Å². The Morgan fingerprint density at radius 1 is 1.22 bits per heavy atom. The Morgan fingerprint density at radius 2 is 1.88 bits per heavy atom. The Bertz CT molecular complexity index is 1080. The predicted molar refractivity (Wildman–Crippen MR) is 104 cm³/mol. The number of hydrogen-bond donors (Lipinski definition) is 2. The average Bonchev–Trinajstić information content (AvgIpc) is 2.99. The number of amides is 2. The van der Waals surface area contributed by atoms with Gasteiger partial charge < -0.3 is 15.8 Å². The lowest BCUT2D eigenvalue weighted by atomic mass is 9.76. The number of hydrogen-bond acceptors (Lipinski definition) is 4. The van der Waals surface area contributed by atoms with Gasteiger partial charge in [0.25, 0.3) is 11.8 Å². The third kappa shape index (κ3) is 3.92. The number of benzene rings is 1. The van der Waals surface area contributed by atoms with E-state index in [2.05, 4.69) is 10.3 Å². The van der Waals surface area contributed by atoms with E-state index in [0.29, 0.717) is 0 Å². The van der Waals surface area contributed by atoms with Gasteiger partial charge in [0.2, 0.25) is 0 Å². The summed E-state index contributed by atoms with van der Waals surface area (Å²) >= 11 is 0. The monoisotopic (exact) mass is 457 g/mol. The molecule has 1 aliphatic heterocycles. The van der Waals surface area contributed by atoms with Crippen molar-refractivity contribution >= 4 is 17.5 Å². The fourth-order valence-electron chi connectivity index (χ4n) is 3.91. The van der Waals surface area contributed by atoms with Crippen LogP contribution in [0.15, 0.2) is 30.5 Å². The molecule has 1 saturated heterocycles. The molecule has 4 atom stereocenters. The van der Waals surface area contributed by atoms with Crippen LogP contribution in [0.25, 0.3) is 0 Å². The van der Waals surface area contributed by atoms with Crippen LogP contribution >= 0.6 is 0 Å². The lowest BCUT2D eigenvalue weighted by Crippen LogP contribution is -2.47. The smallest absolute Gasteiger partial charge is 0.364 e. The third-order valence-corrected chi connectivity index (χ3v) is 5.95. The van der Waals surface area contributed by atoms with E-state index < -0.39 is 53.2 Å². The zero-order valence-electron chi connectivity index (χ0n) is 17.3. The Morgan fingerprint density at radius 3 is 2.47 bits per heavy atom. The number of halogens is 5. The highest BCUT2D eigenvalue weighted by molar-refractivity contribution is 5.97. The first-order chi connectivity index (χ1) is 14.8. The summed E-state index contributed by atoms with van der Waals surface area (Å²) in [7, 11) is 0. The molecule has 1 fully saturated rings. The van der Waals surface area contributed by atoms with Crippen LogP contribution in [0.4, 0.5) is 27.6 Å². The summed E-state index contributed by atoms with van der Waals surface area (Å²) in [6.45, 7) is 3.27. The van der Waals surface area contributed by atoms with Crippen LogP contribution in [0.2, 0.25) is 0 Å². The Balaban J connectivity index is 2.05. The maximum absolute atomic E-state index is 14.2. The minimum Gasteiger partial charge on any atom is -0.364 e. The van der Waals surface area contributed by atoms with Gasteiger partial charge in [-0.3, -0.25) is 14.6 Å². The molecule has 172 valence electrons. The third-order valence-electron chi connectivity index (χ3n) is 5.95. The topological polar surface area (TPSA) is 94.3 Å². The lowest BCUT2D eigenvalue weighted by molar-refractivity contribution is -0.272. The van der Waals surface area contributed by atoms with Gasteiger partial charge in [0.05, 0.1) is 0 Å². The second kappa shape index (κ2) is 8.12. The molecule has 0 bridgehead atoms. The molecule has 2 aromatic rings. The molecule has 1 aromatic carbocycles. The van der Waals surface area contributed by atoms with Gasteiger partial charge in [-0.15, -0.1) is 0 Å². The zero-order valence-corrected chi connectivity index (χ0v) is 17.3. The van der Waals surface area contributed by atoms with Crippen LogP contribution in [-0.2, 0) is 9.53 Å². The number of carbonyl (C=O) groups excluding carboxylic acids is 2. The normalized spacial score (nSPS) is 25.6. The van der Waals surface area contributed by atoms with E-state index in [0.717, 1.165) is 25.1 Å². The van der Waals surface area contributed by atoms with Gasteiger partial charge in [0, 0.05) is 23.7 Å². The van der Waals surface area contributed by atoms with E-state index in [1.165, 1.54) is 26.1 Å². The fourth-order valence-corrected chi connectivity index (χ4v) is 3.91. The number of primary amides is 1. The molecular weight excluding hydrogens is 437 g/mol. The summed E-state index contributed by atoms with van der Waals surface area (Å²) in [5, 5.41) is 2.39. The molecule has 6 nitrogen and oxygen atoms in total. The van der Waals surface area contributed by atoms with Crippen LogP contribution in [0.3, 0.4) is 0 Å². The number of aromatic nitrogens is 1. The molecule has 0 spiro atoms. The number of nitrogens with zero attached hydrogens (tertiary/aromatic N) is 1. The largest absolute Gasteiger partial charge is 0.417 e. The second-order valence-electron chi connectivity index (χ2n) is 7.82. The van der Waals surface area contributed by atoms with Crippen molar-refractivity contribution in [2.45, 2.75) is 44.6 Å². The maximum atomic E-state index is 14.2. The quantitative estimate of drug-likeness (QED) is 0.682. The number of anilines is 1. The van der Waals surface area contributed by atoms with Crippen molar-refractivity contribution in [2.24, 2.45) is 11.7 Å². The van der Waals surface area contributed by atoms with Crippen LogP contribution in [0.5, 0.6) is 0 Å². The second-order valence-corrected chi connectivity index (χ2v) is 7.82. The van der Waals surface area contributed by atoms with Crippen molar-refractivity contribution in [2.75, 3.05) is 5.32 Å². The van der Waals surface area contributed by atoms with Crippen LogP contribution in [0, 0.1) is 24.5 Å². The van der Waals surface area contributed by atoms with Crippen LogP contribution < -0.4 is 11.1 Å². The van der Waals surface area contributed by atoms with Crippen LogP contribution in [0.1, 0.15) is 41.4 Å². The number of rotatable bonds is 4. The van der Waals surface area contributed by atoms with Crippen molar-refractivity contribution in [3.05, 3.63) is 58.9 Å². The summed E-state index contributed by atoms with van der Waals surface area (Å²) in [6, 6.07) is 4.41.